The van der Waals surface area contributed by atoms with Crippen LogP contribution in [-0.2, 0) is 9.59 Å². The molecule has 3 aliphatic rings. The van der Waals surface area contributed by atoms with Crippen LogP contribution in [0.3, 0.4) is 0 Å². The fourth-order valence-corrected chi connectivity index (χ4v) is 16.1. The van der Waals surface area contributed by atoms with E-state index in [1.54, 1.807) is 79.6 Å². The van der Waals surface area contributed by atoms with Gasteiger partial charge in [0.1, 0.15) is 52.2 Å². The molecule has 3 saturated heterocycles. The lowest BCUT2D eigenvalue weighted by Gasteiger charge is -2.35. The molecule has 20 nitrogen and oxygen atoms in total. The Morgan fingerprint density at radius 1 is 0.454 bits per heavy atom. The van der Waals surface area contributed by atoms with Gasteiger partial charge in [-0.15, -0.1) is 47.3 Å². The predicted octanol–water partition coefficient (Wildman–Crippen LogP) is 18.9. The molecule has 0 atom stereocenters. The van der Waals surface area contributed by atoms with Gasteiger partial charge in [0, 0.05) is 126 Å². The summed E-state index contributed by atoms with van der Waals surface area (Å²) in [6.45, 7) is 26.2. The monoisotopic (exact) mass is 1860 g/mol. The fourth-order valence-electron chi connectivity index (χ4n) is 15.3. The summed E-state index contributed by atoms with van der Waals surface area (Å²) in [6, 6.07) is 46.7. The summed E-state index contributed by atoms with van der Waals surface area (Å²) in [4.78, 5) is 88.5. The number of amides is 2. The van der Waals surface area contributed by atoms with Gasteiger partial charge >= 0.3 is 20.3 Å². The predicted molar refractivity (Wildman–Crippen MR) is 486 cm³/mol. The highest BCUT2D eigenvalue weighted by Gasteiger charge is 2.31. The first-order valence-electron chi connectivity index (χ1n) is 38.5. The molecule has 0 spiro atoms. The number of phenols is 1. The van der Waals surface area contributed by atoms with Crippen LogP contribution in [0.4, 0.5) is 30.6 Å². The quantitative estimate of drug-likeness (QED) is 0.0682. The molecule has 119 heavy (non-hydrogen) atoms. The lowest BCUT2D eigenvalue weighted by molar-refractivity contribution is -0.127. The number of ether oxygens (including phenoxy) is 2. The third-order valence-electron chi connectivity index (χ3n) is 21.0. The largest absolute Gasteiger partial charge is 0.507 e. The number of para-hydroxylation sites is 3. The molecule has 0 unspecified atom stereocenters. The maximum Gasteiger partial charge on any atom is 0.369 e. The van der Waals surface area contributed by atoms with Crippen molar-refractivity contribution in [1.29, 1.82) is 0 Å². The SMILES string of the molecule is BrB(Br)Br.C=CC(=O)N1CCN(c2nc(=O)n(-c3ccccc3C(C)C)c3cc(-c4c(F)cccc4OC)c(Cl)cc23)CC1.C=CC(=O)N1CCN(c2nc(=O)n(-c3ccccc3C(C)C)c3cc(-c4c(O)cccc4F)c(Cl)cc23)CC1.COc1cccc(F)c1-c1cc2c(cc1Cl)c(N1CCNCC1)nc(=O)n2-c1ccccc1C(C)C. The average molecular weight is 1870 g/mol. The minimum Gasteiger partial charge on any atom is -0.507 e. The van der Waals surface area contributed by atoms with Gasteiger partial charge in [-0.1, -0.05) is 162 Å². The summed E-state index contributed by atoms with van der Waals surface area (Å²) in [5.74, 6) is 0.482. The van der Waals surface area contributed by atoms with Crippen molar-refractivity contribution in [3.05, 3.63) is 270 Å². The van der Waals surface area contributed by atoms with E-state index >= 15 is 8.78 Å². The van der Waals surface area contributed by atoms with E-state index in [4.69, 9.17) is 44.3 Å². The van der Waals surface area contributed by atoms with Crippen molar-refractivity contribution in [2.24, 2.45) is 0 Å². The molecule has 2 N–H and O–H groups in total. The topological polar surface area (TPSA) is 206 Å². The fraction of sp³-hybridized carbons (Fsp3) is 0.258. The van der Waals surface area contributed by atoms with Gasteiger partial charge in [-0.2, -0.15) is 15.0 Å². The highest BCUT2D eigenvalue weighted by Crippen LogP contribution is 2.46. The number of aromatic hydroxyl groups is 1. The molecule has 3 fully saturated rings. The van der Waals surface area contributed by atoms with Gasteiger partial charge < -0.3 is 44.4 Å². The Kier molecular flexibility index (Phi) is 28.8. The van der Waals surface area contributed by atoms with Gasteiger partial charge in [0.05, 0.1) is 64.5 Å². The summed E-state index contributed by atoms with van der Waals surface area (Å²) < 4.78 is 61.2. The van der Waals surface area contributed by atoms with Crippen LogP contribution in [0, 0.1) is 17.5 Å². The summed E-state index contributed by atoms with van der Waals surface area (Å²) in [6.07, 6.45) is 2.59. The van der Waals surface area contributed by atoms with Gasteiger partial charge in [0.2, 0.25) is 11.8 Å². The van der Waals surface area contributed by atoms with Crippen molar-refractivity contribution in [3.63, 3.8) is 0 Å². The van der Waals surface area contributed by atoms with Crippen LogP contribution >= 0.6 is 82.1 Å². The minimum absolute atomic E-state index is 0.0459. The number of anilines is 3. The van der Waals surface area contributed by atoms with Gasteiger partial charge in [0.15, 0.2) is 0 Å². The zero-order chi connectivity index (χ0) is 85.4. The molecule has 3 aliphatic heterocycles. The third kappa shape index (κ3) is 18.9. The maximum atomic E-state index is 15.2. The van der Waals surface area contributed by atoms with Crippen molar-refractivity contribution >= 4 is 147 Å². The highest BCUT2D eigenvalue weighted by molar-refractivity contribution is 9.69. The van der Waals surface area contributed by atoms with Gasteiger partial charge in [-0.05, 0) is 138 Å². The number of halogens is 9. The minimum atomic E-state index is -0.634. The van der Waals surface area contributed by atoms with E-state index in [1.165, 1.54) is 61.3 Å². The van der Waals surface area contributed by atoms with Crippen LogP contribution in [0.25, 0.3) is 83.2 Å². The Hall–Kier alpha value is -10.3. The second-order valence-electron chi connectivity index (χ2n) is 29.1. The Morgan fingerprint density at radius 3 is 1.05 bits per heavy atom. The first-order valence-corrected chi connectivity index (χ1v) is 42.4. The number of phenolic OH excluding ortho intramolecular Hbond substituents is 1. The molecule has 0 radical (unpaired) electrons. The molecule has 6 heterocycles. The first-order chi connectivity index (χ1) is 57.1. The molecule has 0 aliphatic carbocycles. The second kappa shape index (κ2) is 38.9. The number of carbonyl (C=O) groups is 2. The number of hydrogen-bond acceptors (Lipinski definition) is 15. The summed E-state index contributed by atoms with van der Waals surface area (Å²) in [5, 5.41) is 16.7. The first kappa shape index (κ1) is 88.0. The van der Waals surface area contributed by atoms with Crippen molar-refractivity contribution in [1.82, 2.24) is 43.8 Å². The van der Waals surface area contributed by atoms with E-state index in [9.17, 15) is 33.5 Å². The average Bonchev–Trinajstić information content (AvgIpc) is 0.748. The van der Waals surface area contributed by atoms with E-state index in [2.05, 4.69) is 113 Å². The molecule has 15 rings (SSSR count). The maximum absolute atomic E-state index is 15.2. The third-order valence-corrected chi connectivity index (χ3v) is 22.0. The normalized spacial score (nSPS) is 13.6. The number of carbonyl (C=O) groups excluding carboxylic acids is 2. The van der Waals surface area contributed by atoms with Crippen molar-refractivity contribution in [2.45, 2.75) is 59.3 Å². The summed E-state index contributed by atoms with van der Waals surface area (Å²) >= 11 is 29.7. The number of nitrogens with zero attached hydrogens (tertiary/aromatic N) is 11. The molecule has 3 aromatic heterocycles. The molecule has 0 bridgehead atoms. The Bertz CT molecular complexity index is 6030. The Morgan fingerprint density at radius 2 is 0.748 bits per heavy atom. The van der Waals surface area contributed by atoms with Crippen LogP contribution in [-0.4, -0.2) is 151 Å². The lowest BCUT2D eigenvalue weighted by atomic mass is 9.99. The lowest BCUT2D eigenvalue weighted by Crippen LogP contribution is -2.49. The number of piperazine rings is 3. The van der Waals surface area contributed by atoms with Gasteiger partial charge in [-0.3, -0.25) is 23.3 Å². The summed E-state index contributed by atoms with van der Waals surface area (Å²) in [5.41, 5.74) is 6.83. The van der Waals surface area contributed by atoms with E-state index in [0.717, 1.165) is 40.9 Å². The second-order valence-corrected chi connectivity index (χ2v) is 36.8. The van der Waals surface area contributed by atoms with E-state index in [1.807, 2.05) is 96.4 Å². The number of benzene rings is 9. The number of methoxy groups -OCH3 is 2. The molecule has 12 aromatic rings. The van der Waals surface area contributed by atoms with Gasteiger partial charge in [-0.25, -0.2) is 27.6 Å². The van der Waals surface area contributed by atoms with Crippen LogP contribution in [0.2, 0.25) is 15.1 Å². The zero-order valence-corrected chi connectivity index (χ0v) is 73.6. The molecule has 616 valence electrons. The van der Waals surface area contributed by atoms with Crippen LogP contribution in [0.1, 0.15) is 76.0 Å². The van der Waals surface area contributed by atoms with Gasteiger partial charge in [0.25, 0.3) is 0 Å². The standard InChI is InChI=1S/C31H30ClFN4O3.C30H28ClFN4O3.C28H28ClFN4O2.BBr3/c1-5-28(38)35-13-15-36(16-14-35)30-22-17-23(32)21(29-24(33)10-8-12-27(29)40-4)18-26(22)37(31(39)34-30)25-11-7-6-9-20(25)19(2)3;1-4-27(38)34-12-14-35(15-13-34)29-21-16-22(31)20(28-23(32)9-7-11-26(28)37)17-25(21)36(30(39)33-29)24-10-6-5-8-19(24)18(2)3;1-17(2)18-7-4-5-9-23(18)34-24-16-19(26-22(30)8-6-10-25(26)36-3)21(29)15-20(24)27(32-28(34)35)33-13-11-31-12-14-33;2-1(3)4/h5-12,17-19H,1,13-16H2,2-4H3;4-11,16-18,37H,1,12-15H2,2-3H3;4-10,15-17,31H,11-14H2,1-3H3;. The van der Waals surface area contributed by atoms with E-state index < -0.39 is 34.5 Å². The number of fused-ring (bicyclic) bond motifs is 3. The smallest absolute Gasteiger partial charge is 0.369 e. The Balaban J connectivity index is 0.000000160. The molecular formula is C89H86BBr3Cl3F3N12O8. The molecule has 30 heteroatoms. The van der Waals surface area contributed by atoms with Crippen LogP contribution in [0.15, 0.2) is 203 Å². The molecular weight excluding hydrogens is 1780 g/mol. The number of nitrogens with one attached hydrogen (secondary N) is 1. The molecule has 2 amide bonds. The van der Waals surface area contributed by atoms with Crippen molar-refractivity contribution in [3.8, 4) is 67.7 Å². The highest BCUT2D eigenvalue weighted by atomic mass is 79.9. The van der Waals surface area contributed by atoms with E-state index in [-0.39, 0.29) is 65.8 Å². The van der Waals surface area contributed by atoms with Crippen LogP contribution in [0.5, 0.6) is 17.2 Å². The number of rotatable bonds is 16. The molecule has 9 aromatic carbocycles. The summed E-state index contributed by atoms with van der Waals surface area (Å²) in [7, 11) is 2.97. The van der Waals surface area contributed by atoms with E-state index in [0.29, 0.717) is 154 Å². The number of aromatic nitrogens is 6. The van der Waals surface area contributed by atoms with Crippen LogP contribution < -0.4 is 46.6 Å². The van der Waals surface area contributed by atoms with Crippen molar-refractivity contribution in [2.75, 3.05) is 107 Å². The zero-order valence-electron chi connectivity index (χ0n) is 66.6. The molecule has 0 saturated carbocycles. The van der Waals surface area contributed by atoms with Crippen molar-refractivity contribution < 1.29 is 37.3 Å². The number of hydrogen-bond donors (Lipinski definition) is 2. The Labute approximate surface area is 727 Å².